The molecule has 0 amide bonds. The SMILES string of the molecule is CCC(CC)NCc1cccc2nccn12. The number of aromatic nitrogens is 2. The molecular weight excluding hydrogens is 198 g/mol. The summed E-state index contributed by atoms with van der Waals surface area (Å²) in [5, 5.41) is 3.57. The van der Waals surface area contributed by atoms with Crippen LogP contribution in [0.1, 0.15) is 32.4 Å². The summed E-state index contributed by atoms with van der Waals surface area (Å²) in [6, 6.07) is 6.84. The highest BCUT2D eigenvalue weighted by atomic mass is 15.0. The lowest BCUT2D eigenvalue weighted by molar-refractivity contribution is 0.479. The maximum Gasteiger partial charge on any atom is 0.136 e. The van der Waals surface area contributed by atoms with E-state index in [1.807, 2.05) is 18.5 Å². The molecule has 3 nitrogen and oxygen atoms in total. The fourth-order valence-corrected chi connectivity index (χ4v) is 1.98. The summed E-state index contributed by atoms with van der Waals surface area (Å²) in [5.41, 5.74) is 2.28. The van der Waals surface area contributed by atoms with Crippen molar-refractivity contribution in [3.8, 4) is 0 Å². The molecule has 0 fully saturated rings. The number of hydrogen-bond acceptors (Lipinski definition) is 2. The molecule has 1 N–H and O–H groups in total. The van der Waals surface area contributed by atoms with Gasteiger partial charge in [0.2, 0.25) is 0 Å². The number of imidazole rings is 1. The third-order valence-electron chi connectivity index (χ3n) is 3.07. The molecule has 0 aliphatic heterocycles. The van der Waals surface area contributed by atoms with Crippen molar-refractivity contribution in [2.75, 3.05) is 0 Å². The van der Waals surface area contributed by atoms with Crippen LogP contribution in [0.2, 0.25) is 0 Å². The molecule has 2 rings (SSSR count). The van der Waals surface area contributed by atoms with Gasteiger partial charge in [-0.25, -0.2) is 4.98 Å². The van der Waals surface area contributed by atoms with Crippen LogP contribution in [-0.2, 0) is 6.54 Å². The number of pyridine rings is 1. The van der Waals surface area contributed by atoms with E-state index >= 15 is 0 Å². The highest BCUT2D eigenvalue weighted by Crippen LogP contribution is 2.06. The Morgan fingerprint density at radius 3 is 2.88 bits per heavy atom. The van der Waals surface area contributed by atoms with E-state index in [0.717, 1.165) is 12.2 Å². The predicted molar refractivity (Wildman–Crippen MR) is 66.4 cm³/mol. The van der Waals surface area contributed by atoms with Gasteiger partial charge < -0.3 is 9.72 Å². The molecule has 0 aromatic carbocycles. The van der Waals surface area contributed by atoms with Gasteiger partial charge in [0.05, 0.1) is 0 Å². The Balaban J connectivity index is 2.11. The summed E-state index contributed by atoms with van der Waals surface area (Å²) in [7, 11) is 0. The van der Waals surface area contributed by atoms with Crippen LogP contribution in [0.5, 0.6) is 0 Å². The Kier molecular flexibility index (Phi) is 3.57. The van der Waals surface area contributed by atoms with Gasteiger partial charge in [-0.3, -0.25) is 0 Å². The van der Waals surface area contributed by atoms with Crippen molar-refractivity contribution in [2.45, 2.75) is 39.3 Å². The van der Waals surface area contributed by atoms with E-state index in [1.54, 1.807) is 0 Å². The van der Waals surface area contributed by atoms with Crippen molar-refractivity contribution in [2.24, 2.45) is 0 Å². The van der Waals surface area contributed by atoms with Crippen molar-refractivity contribution in [3.63, 3.8) is 0 Å². The van der Waals surface area contributed by atoms with E-state index in [9.17, 15) is 0 Å². The molecule has 0 aliphatic carbocycles. The molecule has 2 aromatic heterocycles. The Hall–Kier alpha value is -1.35. The van der Waals surface area contributed by atoms with Crippen LogP contribution in [0.25, 0.3) is 5.65 Å². The second kappa shape index (κ2) is 5.12. The first-order chi connectivity index (χ1) is 7.85. The molecule has 0 saturated carbocycles. The second-order valence-electron chi connectivity index (χ2n) is 4.07. The number of nitrogens with one attached hydrogen (secondary N) is 1. The highest BCUT2D eigenvalue weighted by Gasteiger charge is 2.04. The summed E-state index contributed by atoms with van der Waals surface area (Å²) in [6.07, 6.45) is 6.21. The van der Waals surface area contributed by atoms with Crippen molar-refractivity contribution < 1.29 is 0 Å². The van der Waals surface area contributed by atoms with Gasteiger partial charge in [0.25, 0.3) is 0 Å². The van der Waals surface area contributed by atoms with Crippen LogP contribution in [0.4, 0.5) is 0 Å². The smallest absolute Gasteiger partial charge is 0.136 e. The maximum atomic E-state index is 4.28. The van der Waals surface area contributed by atoms with E-state index in [-0.39, 0.29) is 0 Å². The molecule has 2 heterocycles. The lowest BCUT2D eigenvalue weighted by atomic mass is 10.1. The summed E-state index contributed by atoms with van der Waals surface area (Å²) >= 11 is 0. The van der Waals surface area contributed by atoms with Gasteiger partial charge in [-0.05, 0) is 25.0 Å². The molecule has 0 unspecified atom stereocenters. The highest BCUT2D eigenvalue weighted by molar-refractivity contribution is 5.39. The first-order valence-corrected chi connectivity index (χ1v) is 5.99. The van der Waals surface area contributed by atoms with Crippen molar-refractivity contribution >= 4 is 5.65 Å². The lowest BCUT2D eigenvalue weighted by Crippen LogP contribution is -2.27. The lowest BCUT2D eigenvalue weighted by Gasteiger charge is -2.15. The van der Waals surface area contributed by atoms with Gasteiger partial charge in [0.15, 0.2) is 0 Å². The Morgan fingerprint density at radius 1 is 1.31 bits per heavy atom. The zero-order valence-corrected chi connectivity index (χ0v) is 9.98. The fourth-order valence-electron chi connectivity index (χ4n) is 1.98. The first-order valence-electron chi connectivity index (χ1n) is 5.99. The quantitative estimate of drug-likeness (QED) is 0.834. The number of rotatable bonds is 5. The molecule has 0 bridgehead atoms. The molecule has 16 heavy (non-hydrogen) atoms. The minimum absolute atomic E-state index is 0.610. The van der Waals surface area contributed by atoms with Gasteiger partial charge in [0, 0.05) is 30.7 Å². The van der Waals surface area contributed by atoms with Gasteiger partial charge >= 0.3 is 0 Å². The van der Waals surface area contributed by atoms with Gasteiger partial charge in [0.1, 0.15) is 5.65 Å². The molecule has 2 aromatic rings. The van der Waals surface area contributed by atoms with Crippen LogP contribution < -0.4 is 5.32 Å². The standard InChI is InChI=1S/C13H19N3/c1-3-11(4-2)15-10-12-6-5-7-13-14-8-9-16(12)13/h5-9,11,15H,3-4,10H2,1-2H3. The van der Waals surface area contributed by atoms with E-state index in [2.05, 4.69) is 40.7 Å². The predicted octanol–water partition coefficient (Wildman–Crippen LogP) is 2.61. The van der Waals surface area contributed by atoms with Crippen LogP contribution in [0, 0.1) is 0 Å². The average Bonchev–Trinajstić information content (AvgIpc) is 2.79. The number of nitrogens with zero attached hydrogens (tertiary/aromatic N) is 2. The third-order valence-corrected chi connectivity index (χ3v) is 3.07. The molecule has 0 saturated heterocycles. The Labute approximate surface area is 96.5 Å². The molecule has 3 heteroatoms. The molecule has 0 aliphatic rings. The zero-order chi connectivity index (χ0) is 11.4. The third kappa shape index (κ3) is 2.25. The fraction of sp³-hybridized carbons (Fsp3) is 0.462. The van der Waals surface area contributed by atoms with E-state index in [0.29, 0.717) is 6.04 Å². The van der Waals surface area contributed by atoms with Crippen molar-refractivity contribution in [3.05, 3.63) is 36.3 Å². The molecule has 86 valence electrons. The Morgan fingerprint density at radius 2 is 2.12 bits per heavy atom. The molecule has 0 spiro atoms. The average molecular weight is 217 g/mol. The topological polar surface area (TPSA) is 29.3 Å². The first kappa shape index (κ1) is 11.1. The number of hydrogen-bond donors (Lipinski definition) is 1. The van der Waals surface area contributed by atoms with E-state index < -0.39 is 0 Å². The van der Waals surface area contributed by atoms with Crippen LogP contribution in [0.15, 0.2) is 30.6 Å². The number of fused-ring (bicyclic) bond motifs is 1. The van der Waals surface area contributed by atoms with Gasteiger partial charge in [-0.1, -0.05) is 19.9 Å². The monoisotopic (exact) mass is 217 g/mol. The molecule has 0 radical (unpaired) electrons. The maximum absolute atomic E-state index is 4.28. The van der Waals surface area contributed by atoms with Crippen LogP contribution in [0.3, 0.4) is 0 Å². The Bertz CT molecular complexity index is 443. The summed E-state index contributed by atoms with van der Waals surface area (Å²) in [5.74, 6) is 0. The minimum Gasteiger partial charge on any atom is -0.308 e. The molecule has 0 atom stereocenters. The van der Waals surface area contributed by atoms with Gasteiger partial charge in [-0.15, -0.1) is 0 Å². The largest absolute Gasteiger partial charge is 0.308 e. The minimum atomic E-state index is 0.610. The van der Waals surface area contributed by atoms with Crippen molar-refractivity contribution in [1.82, 2.24) is 14.7 Å². The summed E-state index contributed by atoms with van der Waals surface area (Å²) in [4.78, 5) is 4.28. The van der Waals surface area contributed by atoms with Crippen molar-refractivity contribution in [1.29, 1.82) is 0 Å². The zero-order valence-electron chi connectivity index (χ0n) is 9.98. The summed E-state index contributed by atoms with van der Waals surface area (Å²) < 4.78 is 2.13. The van der Waals surface area contributed by atoms with Crippen LogP contribution in [-0.4, -0.2) is 15.4 Å². The van der Waals surface area contributed by atoms with E-state index in [4.69, 9.17) is 0 Å². The van der Waals surface area contributed by atoms with Gasteiger partial charge in [-0.2, -0.15) is 0 Å². The summed E-state index contributed by atoms with van der Waals surface area (Å²) in [6.45, 7) is 5.35. The molecular formula is C13H19N3. The van der Waals surface area contributed by atoms with Crippen LogP contribution >= 0.6 is 0 Å². The second-order valence-corrected chi connectivity index (χ2v) is 4.07. The van der Waals surface area contributed by atoms with E-state index in [1.165, 1.54) is 18.5 Å². The normalized spacial score (nSPS) is 11.4.